The van der Waals surface area contributed by atoms with Crippen molar-refractivity contribution in [1.29, 1.82) is 0 Å². The number of benzene rings is 1. The first-order valence-electron chi connectivity index (χ1n) is 12.2. The Balaban J connectivity index is 2.03. The highest BCUT2D eigenvalue weighted by molar-refractivity contribution is 7.50. The fourth-order valence-electron chi connectivity index (χ4n) is 4.23. The zero-order valence-corrected chi connectivity index (χ0v) is 22.2. The predicted molar refractivity (Wildman–Crippen MR) is 137 cm³/mol. The van der Waals surface area contributed by atoms with Gasteiger partial charge in [-0.2, -0.15) is 0 Å². The number of unbranched alkanes of at least 4 members (excludes halogenated alkanes) is 2. The number of hydroxylamine groups is 2. The maximum Gasteiger partial charge on any atom is 0.329 e. The molecule has 0 radical (unpaired) electrons. The molecule has 2 aromatic rings. The van der Waals surface area contributed by atoms with E-state index in [1.165, 1.54) is 6.07 Å². The fourth-order valence-corrected chi connectivity index (χ4v) is 4.88. The van der Waals surface area contributed by atoms with Gasteiger partial charge in [0, 0.05) is 5.56 Å². The second kappa shape index (κ2) is 14.1. The number of hydrogen-bond acceptors (Lipinski definition) is 6. The van der Waals surface area contributed by atoms with Gasteiger partial charge in [-0.1, -0.05) is 44.7 Å². The molecule has 0 fully saturated rings. The Morgan fingerprint density at radius 2 is 1.86 bits per heavy atom. The van der Waals surface area contributed by atoms with E-state index in [1.54, 1.807) is 38.1 Å². The third-order valence-corrected chi connectivity index (χ3v) is 6.71. The molecule has 0 saturated carbocycles. The standard InChI is InChI=1S/C25H36N3O8P/c1-4-6-7-8-20(21(5-2)28(32)16-29)24(30)26-15-27-25(31)23-10-9-22(36-23)19-12-17(3)11-18(13-19)14-37(33,34)35/h9-13,16,20-21,32H,4-8,14-15H2,1-3H3,(H,26,30)(H,27,31)(H2,33,34,35). The first kappa shape index (κ1) is 30.2. The molecule has 3 amide bonds. The van der Waals surface area contributed by atoms with Crippen molar-refractivity contribution in [1.82, 2.24) is 15.7 Å². The minimum Gasteiger partial charge on any atom is -0.451 e. The van der Waals surface area contributed by atoms with Crippen LogP contribution in [0.15, 0.2) is 34.7 Å². The molecule has 0 aliphatic heterocycles. The Kier molecular flexibility index (Phi) is 11.5. The Labute approximate surface area is 216 Å². The molecule has 1 aromatic heterocycles. The van der Waals surface area contributed by atoms with Crippen LogP contribution in [0.4, 0.5) is 0 Å². The Hall–Kier alpha value is -2.98. The highest BCUT2D eigenvalue weighted by atomic mass is 31.2. The maximum absolute atomic E-state index is 12.8. The van der Waals surface area contributed by atoms with Crippen molar-refractivity contribution in [2.24, 2.45) is 5.92 Å². The van der Waals surface area contributed by atoms with Crippen molar-refractivity contribution in [3.8, 4) is 11.3 Å². The normalized spacial score (nSPS) is 13.0. The van der Waals surface area contributed by atoms with E-state index in [0.29, 0.717) is 34.8 Å². The molecule has 1 aromatic carbocycles. The van der Waals surface area contributed by atoms with Gasteiger partial charge in [0.1, 0.15) is 5.76 Å². The lowest BCUT2D eigenvalue weighted by Crippen LogP contribution is -2.47. The highest BCUT2D eigenvalue weighted by Gasteiger charge is 2.30. The van der Waals surface area contributed by atoms with Crippen LogP contribution in [0.1, 0.15) is 67.6 Å². The quantitative estimate of drug-likeness (QED) is 0.0573. The summed E-state index contributed by atoms with van der Waals surface area (Å²) in [5.41, 5.74) is 1.80. The number of amides is 3. The minimum absolute atomic E-state index is 0.00397. The molecule has 2 unspecified atom stereocenters. The van der Waals surface area contributed by atoms with Crippen molar-refractivity contribution in [3.05, 3.63) is 47.2 Å². The summed E-state index contributed by atoms with van der Waals surface area (Å²) in [7, 11) is -4.24. The first-order valence-corrected chi connectivity index (χ1v) is 14.0. The summed E-state index contributed by atoms with van der Waals surface area (Å²) in [6.45, 7) is 5.41. The number of aryl methyl sites for hydroxylation is 1. The Bertz CT molecular complexity index is 1110. The Morgan fingerprint density at radius 1 is 1.14 bits per heavy atom. The van der Waals surface area contributed by atoms with Gasteiger partial charge in [0.2, 0.25) is 12.3 Å². The summed E-state index contributed by atoms with van der Waals surface area (Å²) in [5.74, 6) is -1.25. The van der Waals surface area contributed by atoms with Crippen LogP contribution in [-0.4, -0.2) is 51.0 Å². The van der Waals surface area contributed by atoms with E-state index in [9.17, 15) is 33.9 Å². The molecule has 2 atom stereocenters. The topological polar surface area (TPSA) is 169 Å². The second-order valence-corrected chi connectivity index (χ2v) is 10.6. The van der Waals surface area contributed by atoms with Crippen LogP contribution < -0.4 is 10.6 Å². The van der Waals surface area contributed by atoms with Gasteiger partial charge in [0.15, 0.2) is 5.76 Å². The van der Waals surface area contributed by atoms with Crippen LogP contribution in [0.3, 0.4) is 0 Å². The van der Waals surface area contributed by atoms with Gasteiger partial charge < -0.3 is 24.8 Å². The molecule has 0 bridgehead atoms. The number of nitrogens with zero attached hydrogens (tertiary/aromatic N) is 1. The van der Waals surface area contributed by atoms with Crippen LogP contribution in [0, 0.1) is 12.8 Å². The van der Waals surface area contributed by atoms with Crippen LogP contribution in [0.25, 0.3) is 11.3 Å². The number of furan rings is 1. The first-order chi connectivity index (χ1) is 17.5. The van der Waals surface area contributed by atoms with E-state index >= 15 is 0 Å². The summed E-state index contributed by atoms with van der Waals surface area (Å²) in [6.07, 6.45) is 3.37. The summed E-state index contributed by atoms with van der Waals surface area (Å²) in [6, 6.07) is 7.41. The van der Waals surface area contributed by atoms with E-state index < -0.39 is 31.6 Å². The number of carbonyl (C=O) groups excluding carboxylic acids is 3. The van der Waals surface area contributed by atoms with Gasteiger partial charge >= 0.3 is 7.60 Å². The molecule has 0 spiro atoms. The monoisotopic (exact) mass is 537 g/mol. The molecule has 12 heteroatoms. The Morgan fingerprint density at radius 3 is 2.49 bits per heavy atom. The van der Waals surface area contributed by atoms with Gasteiger partial charge in [0.05, 0.1) is 24.8 Å². The molecule has 0 saturated heterocycles. The van der Waals surface area contributed by atoms with Crippen LogP contribution in [-0.2, 0) is 20.3 Å². The summed E-state index contributed by atoms with van der Waals surface area (Å²) in [4.78, 5) is 55.0. The number of rotatable bonds is 15. The van der Waals surface area contributed by atoms with Gasteiger partial charge in [-0.05, 0) is 49.6 Å². The smallest absolute Gasteiger partial charge is 0.329 e. The lowest BCUT2D eigenvalue weighted by Gasteiger charge is -2.29. The van der Waals surface area contributed by atoms with Crippen LogP contribution >= 0.6 is 7.60 Å². The van der Waals surface area contributed by atoms with Crippen molar-refractivity contribution in [2.75, 3.05) is 6.67 Å². The lowest BCUT2D eigenvalue weighted by molar-refractivity contribution is -0.168. The molecular formula is C25H36N3O8P. The van der Waals surface area contributed by atoms with Gasteiger partial charge in [-0.3, -0.25) is 24.2 Å². The molecule has 5 N–H and O–H groups in total. The lowest BCUT2D eigenvalue weighted by atomic mass is 9.90. The minimum atomic E-state index is -4.24. The van der Waals surface area contributed by atoms with E-state index in [1.807, 2.05) is 6.92 Å². The molecular weight excluding hydrogens is 501 g/mol. The molecule has 0 aliphatic rings. The average Bonchev–Trinajstić information content (AvgIpc) is 3.32. The highest BCUT2D eigenvalue weighted by Crippen LogP contribution is 2.40. The maximum atomic E-state index is 12.8. The summed E-state index contributed by atoms with van der Waals surface area (Å²) in [5, 5.41) is 15.6. The average molecular weight is 538 g/mol. The van der Waals surface area contributed by atoms with Crippen molar-refractivity contribution < 1.29 is 38.4 Å². The van der Waals surface area contributed by atoms with Crippen molar-refractivity contribution >= 4 is 25.8 Å². The van der Waals surface area contributed by atoms with E-state index in [4.69, 9.17) is 4.42 Å². The third-order valence-electron chi connectivity index (χ3n) is 5.94. The zero-order valence-electron chi connectivity index (χ0n) is 21.3. The number of hydrogen-bond donors (Lipinski definition) is 5. The third kappa shape index (κ3) is 9.44. The van der Waals surface area contributed by atoms with Crippen LogP contribution in [0.5, 0.6) is 0 Å². The van der Waals surface area contributed by atoms with Gasteiger partial charge in [-0.25, -0.2) is 5.06 Å². The SMILES string of the molecule is CCCCCC(C(=O)NCNC(=O)c1ccc(-c2cc(C)cc(CP(=O)(O)O)c2)o1)C(CC)N(O)C=O. The molecule has 1 heterocycles. The molecule has 2 rings (SSSR count). The van der Waals surface area contributed by atoms with E-state index in [2.05, 4.69) is 10.6 Å². The number of nitrogens with one attached hydrogen (secondary N) is 2. The van der Waals surface area contributed by atoms with Gasteiger partial charge in [0.25, 0.3) is 5.91 Å². The predicted octanol–water partition coefficient (Wildman–Crippen LogP) is 3.56. The summed E-state index contributed by atoms with van der Waals surface area (Å²) < 4.78 is 17.0. The molecule has 204 valence electrons. The second-order valence-electron chi connectivity index (χ2n) is 8.98. The number of carbonyl (C=O) groups is 3. The van der Waals surface area contributed by atoms with Crippen molar-refractivity contribution in [3.63, 3.8) is 0 Å². The largest absolute Gasteiger partial charge is 0.451 e. The zero-order chi connectivity index (χ0) is 27.6. The fraction of sp³-hybridized carbons (Fsp3) is 0.480. The molecule has 37 heavy (non-hydrogen) atoms. The van der Waals surface area contributed by atoms with Crippen LogP contribution in [0.2, 0.25) is 0 Å². The molecule has 11 nitrogen and oxygen atoms in total. The van der Waals surface area contributed by atoms with Gasteiger partial charge in [-0.15, -0.1) is 0 Å². The van der Waals surface area contributed by atoms with Crippen molar-refractivity contribution in [2.45, 2.75) is 65.1 Å². The van der Waals surface area contributed by atoms with E-state index in [-0.39, 0.29) is 24.7 Å². The molecule has 0 aliphatic carbocycles. The summed E-state index contributed by atoms with van der Waals surface area (Å²) >= 11 is 0. The van der Waals surface area contributed by atoms with E-state index in [0.717, 1.165) is 24.8 Å².